The van der Waals surface area contributed by atoms with Crippen LogP contribution in [0.5, 0.6) is 0 Å². The van der Waals surface area contributed by atoms with Gasteiger partial charge in [-0.1, -0.05) is 24.3 Å². The fourth-order valence-corrected chi connectivity index (χ4v) is 3.57. The molecular formula is C21H24N2O3. The topological polar surface area (TPSA) is 60.9 Å². The number of likely N-dealkylation sites (tertiary alicyclic amines) is 1. The van der Waals surface area contributed by atoms with Gasteiger partial charge in [0.25, 0.3) is 5.91 Å². The number of hydrogen-bond donors (Lipinski definition) is 1. The zero-order valence-electron chi connectivity index (χ0n) is 15.2. The molecule has 0 unspecified atom stereocenters. The third kappa shape index (κ3) is 3.72. The number of piperidine rings is 1. The zero-order chi connectivity index (χ0) is 18.7. The summed E-state index contributed by atoms with van der Waals surface area (Å²) in [5.74, 6) is -0.720. The van der Waals surface area contributed by atoms with Crippen LogP contribution in [0.4, 0.5) is 5.69 Å². The van der Waals surface area contributed by atoms with Crippen molar-refractivity contribution in [2.24, 2.45) is 0 Å². The highest BCUT2D eigenvalue weighted by molar-refractivity contribution is 5.99. The first kappa shape index (κ1) is 18.0. The summed E-state index contributed by atoms with van der Waals surface area (Å²) in [4.78, 5) is 28.2. The van der Waals surface area contributed by atoms with Gasteiger partial charge in [-0.25, -0.2) is 4.79 Å². The van der Waals surface area contributed by atoms with E-state index in [1.54, 1.807) is 18.2 Å². The van der Waals surface area contributed by atoms with Crippen molar-refractivity contribution in [3.63, 3.8) is 0 Å². The molecular weight excluding hydrogens is 328 g/mol. The van der Waals surface area contributed by atoms with E-state index in [0.717, 1.165) is 30.6 Å². The van der Waals surface area contributed by atoms with Gasteiger partial charge in [0.2, 0.25) is 0 Å². The average Bonchev–Trinajstić information content (AvgIpc) is 2.67. The lowest BCUT2D eigenvalue weighted by atomic mass is 9.89. The second-order valence-corrected chi connectivity index (χ2v) is 6.93. The van der Waals surface area contributed by atoms with E-state index in [1.165, 1.54) is 0 Å². The maximum absolute atomic E-state index is 13.1. The number of anilines is 1. The van der Waals surface area contributed by atoms with Crippen LogP contribution >= 0.6 is 0 Å². The van der Waals surface area contributed by atoms with E-state index < -0.39 is 5.97 Å². The quantitative estimate of drug-likeness (QED) is 0.915. The Morgan fingerprint density at radius 3 is 2.62 bits per heavy atom. The Balaban J connectivity index is 1.82. The highest BCUT2D eigenvalue weighted by Crippen LogP contribution is 2.29. The molecule has 136 valence electrons. The summed E-state index contributed by atoms with van der Waals surface area (Å²) in [6.07, 6.45) is 1.88. The van der Waals surface area contributed by atoms with Gasteiger partial charge in [-0.2, -0.15) is 0 Å². The van der Waals surface area contributed by atoms with E-state index in [-0.39, 0.29) is 11.8 Å². The molecule has 3 rings (SSSR count). The van der Waals surface area contributed by atoms with Gasteiger partial charge in [-0.05, 0) is 42.7 Å². The van der Waals surface area contributed by atoms with Crippen LogP contribution in [-0.2, 0) is 0 Å². The normalized spacial score (nSPS) is 17.0. The molecule has 1 amide bonds. The third-order valence-electron chi connectivity index (χ3n) is 4.93. The lowest BCUT2D eigenvalue weighted by molar-refractivity contribution is 0.0688. The van der Waals surface area contributed by atoms with Crippen molar-refractivity contribution in [3.8, 4) is 0 Å². The molecule has 0 aliphatic carbocycles. The molecule has 1 aliphatic rings. The van der Waals surface area contributed by atoms with Crippen molar-refractivity contribution < 1.29 is 14.7 Å². The summed E-state index contributed by atoms with van der Waals surface area (Å²) < 4.78 is 0. The molecule has 0 saturated carbocycles. The number of hydrogen-bond acceptors (Lipinski definition) is 3. The van der Waals surface area contributed by atoms with Crippen molar-refractivity contribution in [1.82, 2.24) is 4.90 Å². The van der Waals surface area contributed by atoms with E-state index in [1.807, 2.05) is 54.2 Å². The van der Waals surface area contributed by atoms with Crippen LogP contribution in [0.2, 0.25) is 0 Å². The Labute approximate surface area is 153 Å². The largest absolute Gasteiger partial charge is 0.478 e. The molecule has 26 heavy (non-hydrogen) atoms. The number of benzene rings is 2. The molecule has 0 bridgehead atoms. The minimum Gasteiger partial charge on any atom is -0.478 e. The number of amides is 1. The Morgan fingerprint density at radius 2 is 1.88 bits per heavy atom. The molecule has 5 nitrogen and oxygen atoms in total. The molecule has 1 aliphatic heterocycles. The summed E-state index contributed by atoms with van der Waals surface area (Å²) in [6, 6.07) is 14.7. The van der Waals surface area contributed by atoms with Gasteiger partial charge in [0, 0.05) is 38.8 Å². The number of carbonyl (C=O) groups excluding carboxylic acids is 1. The monoisotopic (exact) mass is 352 g/mol. The highest BCUT2D eigenvalue weighted by atomic mass is 16.4. The SMILES string of the molecule is CN(C)c1ccccc1C(=O)N1CCC[C@H](c2cccc(C(=O)O)c2)C1. The average molecular weight is 352 g/mol. The van der Waals surface area contributed by atoms with E-state index in [2.05, 4.69) is 0 Å². The van der Waals surface area contributed by atoms with Crippen LogP contribution in [0.15, 0.2) is 48.5 Å². The number of para-hydroxylation sites is 1. The summed E-state index contributed by atoms with van der Waals surface area (Å²) >= 11 is 0. The molecule has 2 aromatic carbocycles. The van der Waals surface area contributed by atoms with Gasteiger partial charge in [0.1, 0.15) is 0 Å². The van der Waals surface area contributed by atoms with E-state index in [0.29, 0.717) is 17.7 Å². The van der Waals surface area contributed by atoms with Gasteiger partial charge in [-0.15, -0.1) is 0 Å². The second-order valence-electron chi connectivity index (χ2n) is 6.93. The van der Waals surface area contributed by atoms with Crippen LogP contribution in [0.1, 0.15) is 45.0 Å². The molecule has 1 N–H and O–H groups in total. The van der Waals surface area contributed by atoms with Gasteiger partial charge >= 0.3 is 5.97 Å². The van der Waals surface area contributed by atoms with Crippen molar-refractivity contribution in [1.29, 1.82) is 0 Å². The lowest BCUT2D eigenvalue weighted by Crippen LogP contribution is -2.39. The molecule has 1 atom stereocenters. The minimum absolute atomic E-state index is 0.0355. The number of carboxylic acid groups (broad SMARTS) is 1. The molecule has 2 aromatic rings. The van der Waals surface area contributed by atoms with Gasteiger partial charge in [0.15, 0.2) is 0 Å². The molecule has 1 fully saturated rings. The summed E-state index contributed by atoms with van der Waals surface area (Å²) in [5.41, 5.74) is 2.90. The molecule has 0 radical (unpaired) electrons. The predicted octanol–water partition coefficient (Wildman–Crippen LogP) is 3.47. The first-order valence-corrected chi connectivity index (χ1v) is 8.86. The molecule has 5 heteroatoms. The maximum Gasteiger partial charge on any atom is 0.335 e. The van der Waals surface area contributed by atoms with Crippen LogP contribution in [0.25, 0.3) is 0 Å². The number of carbonyl (C=O) groups is 2. The van der Waals surface area contributed by atoms with Gasteiger partial charge in [0.05, 0.1) is 11.1 Å². The van der Waals surface area contributed by atoms with Crippen molar-refractivity contribution in [2.45, 2.75) is 18.8 Å². The summed E-state index contributed by atoms with van der Waals surface area (Å²) in [6.45, 7) is 1.35. The molecule has 1 heterocycles. The zero-order valence-corrected chi connectivity index (χ0v) is 15.2. The van der Waals surface area contributed by atoms with Gasteiger partial charge < -0.3 is 14.9 Å². The maximum atomic E-state index is 13.1. The van der Waals surface area contributed by atoms with E-state index >= 15 is 0 Å². The molecule has 0 aromatic heterocycles. The fourth-order valence-electron chi connectivity index (χ4n) is 3.57. The predicted molar refractivity (Wildman–Crippen MR) is 102 cm³/mol. The second kappa shape index (κ2) is 7.60. The molecule has 1 saturated heterocycles. The number of nitrogens with zero attached hydrogens (tertiary/aromatic N) is 2. The third-order valence-corrected chi connectivity index (χ3v) is 4.93. The van der Waals surface area contributed by atoms with Crippen molar-refractivity contribution in [3.05, 3.63) is 65.2 Å². The van der Waals surface area contributed by atoms with E-state index in [4.69, 9.17) is 0 Å². The van der Waals surface area contributed by atoms with Crippen LogP contribution in [0, 0.1) is 0 Å². The minimum atomic E-state index is -0.921. The summed E-state index contributed by atoms with van der Waals surface area (Å²) in [7, 11) is 3.87. The van der Waals surface area contributed by atoms with Crippen LogP contribution < -0.4 is 4.90 Å². The Kier molecular flexibility index (Phi) is 5.26. The standard InChI is InChI=1S/C21H24N2O3/c1-22(2)19-11-4-3-10-18(19)20(24)23-12-6-9-17(14-23)15-7-5-8-16(13-15)21(25)26/h3-5,7-8,10-11,13,17H,6,9,12,14H2,1-2H3,(H,25,26)/t17-/m0/s1. The van der Waals surface area contributed by atoms with Crippen LogP contribution in [0.3, 0.4) is 0 Å². The number of carboxylic acids is 1. The smallest absolute Gasteiger partial charge is 0.335 e. The first-order valence-electron chi connectivity index (χ1n) is 8.86. The van der Waals surface area contributed by atoms with E-state index in [9.17, 15) is 14.7 Å². The van der Waals surface area contributed by atoms with Gasteiger partial charge in [-0.3, -0.25) is 4.79 Å². The number of aromatic carboxylic acids is 1. The van der Waals surface area contributed by atoms with Crippen molar-refractivity contribution >= 4 is 17.6 Å². The Bertz CT molecular complexity index is 816. The molecule has 0 spiro atoms. The first-order chi connectivity index (χ1) is 12.5. The van der Waals surface area contributed by atoms with Crippen molar-refractivity contribution in [2.75, 3.05) is 32.1 Å². The lowest BCUT2D eigenvalue weighted by Gasteiger charge is -2.34. The number of rotatable bonds is 4. The fraction of sp³-hybridized carbons (Fsp3) is 0.333. The summed E-state index contributed by atoms with van der Waals surface area (Å²) in [5, 5.41) is 9.21. The van der Waals surface area contributed by atoms with Crippen LogP contribution in [-0.4, -0.2) is 49.1 Å². The highest BCUT2D eigenvalue weighted by Gasteiger charge is 2.27. The Morgan fingerprint density at radius 1 is 1.12 bits per heavy atom. The Hall–Kier alpha value is -2.82.